The van der Waals surface area contributed by atoms with Gasteiger partial charge >= 0.3 is 0 Å². The zero-order valence-electron chi connectivity index (χ0n) is 22.2. The summed E-state index contributed by atoms with van der Waals surface area (Å²) in [5.41, 5.74) is 0.642. The molecule has 1 aliphatic heterocycles. The van der Waals surface area contributed by atoms with Crippen LogP contribution in [0, 0.1) is 24.4 Å². The Morgan fingerprint density at radius 2 is 1.81 bits per heavy atom. The molecule has 9 nitrogen and oxygen atoms in total. The van der Waals surface area contributed by atoms with Crippen LogP contribution in [0.4, 0.5) is 29.2 Å². The molecule has 2 aromatic carbocycles. The third-order valence-electron chi connectivity index (χ3n) is 6.40. The number of aromatic nitrogens is 3. The highest BCUT2D eigenvalue weighted by Crippen LogP contribution is 2.36. The van der Waals surface area contributed by atoms with Gasteiger partial charge in [0.05, 0.1) is 17.0 Å². The Bertz CT molecular complexity index is 1690. The summed E-state index contributed by atoms with van der Waals surface area (Å²) >= 11 is 0. The minimum Gasteiger partial charge on any atom is -0.435 e. The van der Waals surface area contributed by atoms with Gasteiger partial charge in [0.25, 0.3) is 0 Å². The van der Waals surface area contributed by atoms with Crippen molar-refractivity contribution in [2.75, 3.05) is 23.1 Å². The van der Waals surface area contributed by atoms with Gasteiger partial charge in [0.2, 0.25) is 27.7 Å². The Labute approximate surface area is 239 Å². The summed E-state index contributed by atoms with van der Waals surface area (Å²) < 4.78 is 91.1. The summed E-state index contributed by atoms with van der Waals surface area (Å²) in [5.74, 6) is -6.27. The van der Waals surface area contributed by atoms with Gasteiger partial charge in [-0.1, -0.05) is 29.8 Å². The first-order valence-corrected chi connectivity index (χ1v) is 14.5. The van der Waals surface area contributed by atoms with Crippen molar-refractivity contribution in [1.29, 1.82) is 0 Å². The first-order valence-electron chi connectivity index (χ1n) is 12.9. The summed E-state index contributed by atoms with van der Waals surface area (Å²) in [6, 6.07) is 11.4. The first kappa shape index (κ1) is 29.2. The molecule has 0 amide bonds. The Balaban J connectivity index is 1.37. The van der Waals surface area contributed by atoms with E-state index >= 15 is 4.39 Å². The molecule has 42 heavy (non-hydrogen) atoms. The molecule has 3 heterocycles. The fourth-order valence-corrected chi connectivity index (χ4v) is 5.57. The maximum absolute atomic E-state index is 15.1. The molecule has 0 unspecified atom stereocenters. The number of anilines is 2. The van der Waals surface area contributed by atoms with Crippen LogP contribution in [0.25, 0.3) is 11.3 Å². The lowest BCUT2D eigenvalue weighted by Crippen LogP contribution is -2.44. The van der Waals surface area contributed by atoms with Crippen LogP contribution in [0.3, 0.4) is 0 Å². The minimum atomic E-state index is -4.29. The lowest BCUT2D eigenvalue weighted by atomic mass is 10.1. The highest BCUT2D eigenvalue weighted by molar-refractivity contribution is 7.91. The fourth-order valence-electron chi connectivity index (χ4n) is 4.37. The van der Waals surface area contributed by atoms with Gasteiger partial charge in [-0.05, 0) is 30.7 Å². The predicted octanol–water partition coefficient (Wildman–Crippen LogP) is 5.11. The van der Waals surface area contributed by atoms with Gasteiger partial charge in [-0.25, -0.2) is 36.5 Å². The van der Waals surface area contributed by atoms with E-state index in [2.05, 4.69) is 25.6 Å². The third kappa shape index (κ3) is 6.94. The standard InChI is InChI=1S/C28H26F4N6O3S/c1-16-4-6-17(7-5-16)15-42(39,40)38-26-21(30)12-23(24(31)25(26)32)41-27-20(3-2-9-34-27)22-8-10-35-28(37-22)36-19-11-18(29)13-33-14-19/h2-10,12,18-19,33,38H,11,13-15H2,1H3,(H,35,36,37)/t18-,19-/m0/s1. The van der Waals surface area contributed by atoms with Crippen molar-refractivity contribution in [1.82, 2.24) is 20.3 Å². The monoisotopic (exact) mass is 602 g/mol. The largest absolute Gasteiger partial charge is 0.435 e. The first-order chi connectivity index (χ1) is 20.1. The Morgan fingerprint density at radius 1 is 1.02 bits per heavy atom. The maximum Gasteiger partial charge on any atom is 0.237 e. The number of nitrogens with zero attached hydrogens (tertiary/aromatic N) is 3. The van der Waals surface area contributed by atoms with Crippen LogP contribution in [0.1, 0.15) is 17.5 Å². The van der Waals surface area contributed by atoms with E-state index in [-0.39, 0.29) is 42.1 Å². The number of sulfonamides is 1. The van der Waals surface area contributed by atoms with Crippen LogP contribution in [0.2, 0.25) is 0 Å². The molecule has 0 spiro atoms. The highest BCUT2D eigenvalue weighted by atomic mass is 32.2. The van der Waals surface area contributed by atoms with Crippen molar-refractivity contribution in [2.24, 2.45) is 0 Å². The van der Waals surface area contributed by atoms with Crippen molar-refractivity contribution < 1.29 is 30.7 Å². The molecular formula is C28H26F4N6O3S. The fraction of sp³-hybridized carbons (Fsp3) is 0.250. The minimum absolute atomic E-state index is 0.203. The van der Waals surface area contributed by atoms with Crippen LogP contribution in [-0.4, -0.2) is 48.7 Å². The number of nitrogens with one attached hydrogen (secondary N) is 3. The van der Waals surface area contributed by atoms with Crippen LogP contribution in [-0.2, 0) is 15.8 Å². The third-order valence-corrected chi connectivity index (χ3v) is 7.63. The lowest BCUT2D eigenvalue weighted by molar-refractivity contribution is 0.254. The van der Waals surface area contributed by atoms with Crippen molar-refractivity contribution in [2.45, 2.75) is 31.3 Å². The van der Waals surface area contributed by atoms with E-state index in [1.54, 1.807) is 41.1 Å². The van der Waals surface area contributed by atoms with Gasteiger partial charge < -0.3 is 15.4 Å². The van der Waals surface area contributed by atoms with Gasteiger partial charge in [0.1, 0.15) is 11.9 Å². The summed E-state index contributed by atoms with van der Waals surface area (Å²) in [6.45, 7) is 2.61. The molecule has 220 valence electrons. The van der Waals surface area contributed by atoms with E-state index in [0.717, 1.165) is 5.56 Å². The zero-order valence-corrected chi connectivity index (χ0v) is 23.1. The van der Waals surface area contributed by atoms with Crippen LogP contribution in [0.15, 0.2) is 60.9 Å². The number of aryl methyl sites for hydroxylation is 1. The number of benzene rings is 2. The summed E-state index contributed by atoms with van der Waals surface area (Å²) in [5, 5.41) is 6.03. The van der Waals surface area contributed by atoms with Crippen molar-refractivity contribution >= 4 is 21.7 Å². The number of pyridine rings is 1. The van der Waals surface area contributed by atoms with Crippen LogP contribution >= 0.6 is 0 Å². The SMILES string of the molecule is Cc1ccc(CS(=O)(=O)Nc2c(F)cc(Oc3ncccc3-c3ccnc(N[C@@H]4CNC[C@@H](F)C4)n3)c(F)c2F)cc1. The van der Waals surface area contributed by atoms with Crippen molar-refractivity contribution in [3.8, 4) is 22.9 Å². The number of piperidine rings is 1. The topological polar surface area (TPSA) is 118 Å². The van der Waals surface area contributed by atoms with Crippen LogP contribution < -0.4 is 20.1 Å². The molecular weight excluding hydrogens is 576 g/mol. The number of hydrogen-bond acceptors (Lipinski definition) is 8. The van der Waals surface area contributed by atoms with E-state index in [9.17, 15) is 21.6 Å². The summed E-state index contributed by atoms with van der Waals surface area (Å²) in [4.78, 5) is 12.6. The molecule has 14 heteroatoms. The molecule has 2 aromatic heterocycles. The number of rotatable bonds is 9. The maximum atomic E-state index is 15.1. The molecule has 4 aromatic rings. The van der Waals surface area contributed by atoms with Gasteiger partial charge in [-0.2, -0.15) is 4.39 Å². The second kappa shape index (κ2) is 12.3. The number of halogens is 4. The summed E-state index contributed by atoms with van der Waals surface area (Å²) in [7, 11) is -4.29. The molecule has 1 saturated heterocycles. The van der Waals surface area contributed by atoms with Gasteiger partial charge in [0.15, 0.2) is 17.4 Å². The molecule has 1 fully saturated rings. The van der Waals surface area contributed by atoms with Crippen LogP contribution in [0.5, 0.6) is 11.6 Å². The van der Waals surface area contributed by atoms with E-state index in [0.29, 0.717) is 18.2 Å². The van der Waals surface area contributed by atoms with Crippen molar-refractivity contribution in [3.05, 3.63) is 89.5 Å². The van der Waals surface area contributed by atoms with E-state index in [4.69, 9.17) is 4.74 Å². The molecule has 1 aliphatic rings. The number of alkyl halides is 1. The zero-order chi connectivity index (χ0) is 29.9. The molecule has 2 atom stereocenters. The number of ether oxygens (including phenoxy) is 1. The van der Waals surface area contributed by atoms with Gasteiger partial charge in [-0.15, -0.1) is 0 Å². The molecule has 0 saturated carbocycles. The normalized spacial score (nSPS) is 17.1. The van der Waals surface area contributed by atoms with Crippen molar-refractivity contribution in [3.63, 3.8) is 0 Å². The van der Waals surface area contributed by atoms with E-state index in [1.165, 1.54) is 18.5 Å². The Morgan fingerprint density at radius 3 is 2.57 bits per heavy atom. The van der Waals surface area contributed by atoms with E-state index < -0.39 is 50.8 Å². The molecule has 0 radical (unpaired) electrons. The van der Waals surface area contributed by atoms with Gasteiger partial charge in [-0.3, -0.25) is 4.72 Å². The second-order valence-electron chi connectivity index (χ2n) is 9.76. The molecule has 0 aliphatic carbocycles. The Hall–Kier alpha value is -4.30. The highest BCUT2D eigenvalue weighted by Gasteiger charge is 2.26. The Kier molecular flexibility index (Phi) is 8.54. The molecule has 3 N–H and O–H groups in total. The van der Waals surface area contributed by atoms with E-state index in [1.807, 2.05) is 6.92 Å². The average Bonchev–Trinajstić information content (AvgIpc) is 2.95. The van der Waals surface area contributed by atoms with Gasteiger partial charge in [0, 0.05) is 44.0 Å². The number of hydrogen-bond donors (Lipinski definition) is 3. The molecule has 0 bridgehead atoms. The second-order valence-corrected chi connectivity index (χ2v) is 11.5. The predicted molar refractivity (Wildman–Crippen MR) is 149 cm³/mol. The molecule has 5 rings (SSSR count). The quantitative estimate of drug-likeness (QED) is 0.179. The average molecular weight is 603 g/mol. The summed E-state index contributed by atoms with van der Waals surface area (Å²) in [6.07, 6.45) is 2.04. The lowest BCUT2D eigenvalue weighted by Gasteiger charge is -2.26. The smallest absolute Gasteiger partial charge is 0.237 e.